The quantitative estimate of drug-likeness (QED) is 0.864. The van der Waals surface area contributed by atoms with Crippen molar-refractivity contribution in [1.82, 2.24) is 4.98 Å². The summed E-state index contributed by atoms with van der Waals surface area (Å²) < 4.78 is 0. The summed E-state index contributed by atoms with van der Waals surface area (Å²) in [7, 11) is 0. The molecular formula is C16H20N2. The first-order chi connectivity index (χ1) is 8.72. The number of anilines is 1. The fourth-order valence-electron chi connectivity index (χ4n) is 2.35. The molecule has 0 spiro atoms. The lowest BCUT2D eigenvalue weighted by atomic mass is 9.93. The molecule has 0 radical (unpaired) electrons. The van der Waals surface area contributed by atoms with Crippen LogP contribution in [0.4, 0.5) is 5.82 Å². The van der Waals surface area contributed by atoms with Crippen molar-refractivity contribution in [2.75, 3.05) is 5.32 Å². The van der Waals surface area contributed by atoms with Gasteiger partial charge in [-0.1, -0.05) is 19.9 Å². The maximum absolute atomic E-state index is 4.69. The maximum Gasteiger partial charge on any atom is 0.126 e. The van der Waals surface area contributed by atoms with E-state index >= 15 is 0 Å². The Morgan fingerprint density at radius 3 is 2.67 bits per heavy atom. The normalized spacial score (nSPS) is 15.9. The molecule has 0 amide bonds. The van der Waals surface area contributed by atoms with Crippen molar-refractivity contribution < 1.29 is 0 Å². The molecule has 1 aromatic heterocycles. The van der Waals surface area contributed by atoms with Gasteiger partial charge in [0.05, 0.1) is 5.52 Å². The zero-order chi connectivity index (χ0) is 12.5. The molecule has 0 unspecified atom stereocenters. The molecule has 0 aliphatic heterocycles. The number of nitrogens with zero attached hydrogens (tertiary/aromatic N) is 1. The first-order valence-electron chi connectivity index (χ1n) is 6.89. The third-order valence-corrected chi connectivity index (χ3v) is 3.84. The van der Waals surface area contributed by atoms with Crippen LogP contribution < -0.4 is 5.32 Å². The summed E-state index contributed by atoms with van der Waals surface area (Å²) >= 11 is 0. The fourth-order valence-corrected chi connectivity index (χ4v) is 2.35. The van der Waals surface area contributed by atoms with Crippen molar-refractivity contribution in [3.05, 3.63) is 35.9 Å². The zero-order valence-electron chi connectivity index (χ0n) is 11.1. The predicted octanol–water partition coefficient (Wildman–Crippen LogP) is 4.32. The molecule has 18 heavy (non-hydrogen) atoms. The van der Waals surface area contributed by atoms with Gasteiger partial charge < -0.3 is 5.32 Å². The van der Waals surface area contributed by atoms with Gasteiger partial charge in [0.1, 0.15) is 5.82 Å². The van der Waals surface area contributed by atoms with E-state index < -0.39 is 0 Å². The van der Waals surface area contributed by atoms with E-state index in [9.17, 15) is 0 Å². The molecule has 1 heterocycles. The van der Waals surface area contributed by atoms with Crippen molar-refractivity contribution in [1.29, 1.82) is 0 Å². The standard InChI is InChI=1S/C16H20N2/c1-11(2)12-6-8-15-13(10-12)7-9-16(18-15)17-14-4-3-5-14/h6-11,14H,3-5H2,1-2H3,(H,17,18). The second kappa shape index (κ2) is 4.60. The van der Waals surface area contributed by atoms with Crippen molar-refractivity contribution in [2.45, 2.75) is 45.1 Å². The molecule has 1 saturated carbocycles. The van der Waals surface area contributed by atoms with E-state index in [4.69, 9.17) is 0 Å². The van der Waals surface area contributed by atoms with Gasteiger partial charge in [0.25, 0.3) is 0 Å². The summed E-state index contributed by atoms with van der Waals surface area (Å²) in [6.07, 6.45) is 3.92. The Bertz CT molecular complexity index is 556. The Kier molecular flexibility index (Phi) is 2.94. The lowest BCUT2D eigenvalue weighted by molar-refractivity contribution is 0.444. The number of benzene rings is 1. The Hall–Kier alpha value is -1.57. The van der Waals surface area contributed by atoms with E-state index in [1.54, 1.807) is 0 Å². The van der Waals surface area contributed by atoms with Crippen LogP contribution in [0.2, 0.25) is 0 Å². The van der Waals surface area contributed by atoms with Crippen LogP contribution in [0.25, 0.3) is 10.9 Å². The minimum Gasteiger partial charge on any atom is -0.367 e. The average Bonchev–Trinajstić information content (AvgIpc) is 2.33. The molecule has 1 N–H and O–H groups in total. The smallest absolute Gasteiger partial charge is 0.126 e. The Balaban J connectivity index is 1.89. The van der Waals surface area contributed by atoms with E-state index in [0.29, 0.717) is 12.0 Å². The lowest BCUT2D eigenvalue weighted by Gasteiger charge is -2.26. The van der Waals surface area contributed by atoms with Crippen molar-refractivity contribution >= 4 is 16.7 Å². The van der Waals surface area contributed by atoms with E-state index in [0.717, 1.165) is 11.3 Å². The summed E-state index contributed by atoms with van der Waals surface area (Å²) in [5.41, 5.74) is 2.47. The molecule has 0 saturated heterocycles. The average molecular weight is 240 g/mol. The van der Waals surface area contributed by atoms with Crippen LogP contribution in [0.3, 0.4) is 0 Å². The molecule has 1 fully saturated rings. The second-order valence-corrected chi connectivity index (χ2v) is 5.58. The molecule has 3 rings (SSSR count). The van der Waals surface area contributed by atoms with Crippen molar-refractivity contribution in [3.8, 4) is 0 Å². The summed E-state index contributed by atoms with van der Waals surface area (Å²) in [6, 6.07) is 11.5. The molecule has 94 valence electrons. The highest BCUT2D eigenvalue weighted by Crippen LogP contribution is 2.25. The largest absolute Gasteiger partial charge is 0.367 e. The van der Waals surface area contributed by atoms with Crippen LogP contribution in [0.1, 0.15) is 44.6 Å². The maximum atomic E-state index is 4.69. The summed E-state index contributed by atoms with van der Waals surface area (Å²) in [6.45, 7) is 4.45. The van der Waals surface area contributed by atoms with E-state index in [2.05, 4.69) is 54.5 Å². The van der Waals surface area contributed by atoms with Gasteiger partial charge in [-0.15, -0.1) is 0 Å². The van der Waals surface area contributed by atoms with Crippen LogP contribution in [0.5, 0.6) is 0 Å². The molecule has 0 atom stereocenters. The molecule has 0 bridgehead atoms. The van der Waals surface area contributed by atoms with Gasteiger partial charge in [0, 0.05) is 11.4 Å². The first kappa shape index (κ1) is 11.5. The van der Waals surface area contributed by atoms with Gasteiger partial charge in [-0.05, 0) is 55.0 Å². The first-order valence-corrected chi connectivity index (χ1v) is 6.89. The highest BCUT2D eigenvalue weighted by molar-refractivity contribution is 5.81. The minimum absolute atomic E-state index is 0.571. The topological polar surface area (TPSA) is 24.9 Å². The minimum atomic E-state index is 0.571. The molecule has 1 aromatic carbocycles. The number of hydrogen-bond acceptors (Lipinski definition) is 2. The van der Waals surface area contributed by atoms with Crippen LogP contribution in [0, 0.1) is 0 Å². The van der Waals surface area contributed by atoms with Gasteiger partial charge in [-0.25, -0.2) is 4.98 Å². The van der Waals surface area contributed by atoms with Gasteiger partial charge >= 0.3 is 0 Å². The third-order valence-electron chi connectivity index (χ3n) is 3.84. The third kappa shape index (κ3) is 2.20. The predicted molar refractivity (Wildman–Crippen MR) is 77.1 cm³/mol. The SMILES string of the molecule is CC(C)c1ccc2nc(NC3CCC3)ccc2c1. The van der Waals surface area contributed by atoms with Crippen LogP contribution in [-0.4, -0.2) is 11.0 Å². The van der Waals surface area contributed by atoms with E-state index in [1.807, 2.05) is 0 Å². The zero-order valence-corrected chi connectivity index (χ0v) is 11.1. The van der Waals surface area contributed by atoms with E-state index in [1.165, 1.54) is 30.2 Å². The molecule has 1 aliphatic carbocycles. The van der Waals surface area contributed by atoms with Crippen LogP contribution in [0.15, 0.2) is 30.3 Å². The molecular weight excluding hydrogens is 220 g/mol. The fraction of sp³-hybridized carbons (Fsp3) is 0.438. The Morgan fingerprint density at radius 2 is 2.00 bits per heavy atom. The second-order valence-electron chi connectivity index (χ2n) is 5.58. The number of fused-ring (bicyclic) bond motifs is 1. The van der Waals surface area contributed by atoms with Crippen molar-refractivity contribution in [2.24, 2.45) is 0 Å². The number of nitrogens with one attached hydrogen (secondary N) is 1. The van der Waals surface area contributed by atoms with Crippen LogP contribution >= 0.6 is 0 Å². The molecule has 2 heteroatoms. The van der Waals surface area contributed by atoms with E-state index in [-0.39, 0.29) is 0 Å². The molecule has 2 nitrogen and oxygen atoms in total. The monoisotopic (exact) mass is 240 g/mol. The van der Waals surface area contributed by atoms with Gasteiger partial charge in [-0.3, -0.25) is 0 Å². The summed E-state index contributed by atoms with van der Waals surface area (Å²) in [4.78, 5) is 4.69. The molecule has 2 aromatic rings. The summed E-state index contributed by atoms with van der Waals surface area (Å²) in [5.74, 6) is 1.59. The number of aromatic nitrogens is 1. The number of hydrogen-bond donors (Lipinski definition) is 1. The Morgan fingerprint density at radius 1 is 1.17 bits per heavy atom. The highest BCUT2D eigenvalue weighted by Gasteiger charge is 2.17. The lowest BCUT2D eigenvalue weighted by Crippen LogP contribution is -2.27. The Labute approximate surface area is 108 Å². The summed E-state index contributed by atoms with van der Waals surface area (Å²) in [5, 5.41) is 4.73. The highest BCUT2D eigenvalue weighted by atomic mass is 15.0. The van der Waals surface area contributed by atoms with Gasteiger partial charge in [-0.2, -0.15) is 0 Å². The van der Waals surface area contributed by atoms with Crippen LogP contribution in [-0.2, 0) is 0 Å². The van der Waals surface area contributed by atoms with Gasteiger partial charge in [0.15, 0.2) is 0 Å². The van der Waals surface area contributed by atoms with Gasteiger partial charge in [0.2, 0.25) is 0 Å². The van der Waals surface area contributed by atoms with Crippen molar-refractivity contribution in [3.63, 3.8) is 0 Å². The number of rotatable bonds is 3. The molecule has 1 aliphatic rings. The number of pyridine rings is 1.